The lowest BCUT2D eigenvalue weighted by Crippen LogP contribution is -2.28. The Morgan fingerprint density at radius 2 is 2.04 bits per heavy atom. The molecule has 0 aromatic carbocycles. The third kappa shape index (κ3) is 4.48. The number of pyridine rings is 2. The fraction of sp³-hybridized carbons (Fsp3) is 0.167. The maximum absolute atomic E-state index is 12.1. The van der Waals surface area contributed by atoms with Gasteiger partial charge in [-0.25, -0.2) is 4.98 Å². The van der Waals surface area contributed by atoms with E-state index in [0.29, 0.717) is 10.8 Å². The second-order valence-corrected chi connectivity index (χ2v) is 6.44. The highest BCUT2D eigenvalue weighted by molar-refractivity contribution is 7.19. The number of hydrogen-bond donors (Lipinski definition) is 2. The van der Waals surface area contributed by atoms with E-state index in [1.54, 1.807) is 36.8 Å². The standard InChI is InChI=1S/C18H17N5O2S/c1-12-16(13-5-4-8-19-11-13)26-18(22-12)23-15(24)7-10-21-17(25)14-6-2-3-9-20-14/h2-6,8-9,11H,7,10H2,1H3,(H,21,25)(H,22,23,24). The van der Waals surface area contributed by atoms with Crippen LogP contribution >= 0.6 is 11.3 Å². The van der Waals surface area contributed by atoms with Crippen LogP contribution in [0, 0.1) is 6.92 Å². The molecule has 0 bridgehead atoms. The molecule has 0 radical (unpaired) electrons. The fourth-order valence-electron chi connectivity index (χ4n) is 2.27. The molecule has 0 spiro atoms. The Labute approximate surface area is 154 Å². The summed E-state index contributed by atoms with van der Waals surface area (Å²) in [6.45, 7) is 2.11. The first-order valence-electron chi connectivity index (χ1n) is 8.00. The summed E-state index contributed by atoms with van der Waals surface area (Å²) >= 11 is 1.40. The summed E-state index contributed by atoms with van der Waals surface area (Å²) in [5.74, 6) is -0.514. The van der Waals surface area contributed by atoms with Crippen molar-refractivity contribution in [1.82, 2.24) is 20.3 Å². The number of thiazole rings is 1. The number of nitrogens with zero attached hydrogens (tertiary/aromatic N) is 3. The number of anilines is 1. The molecule has 132 valence electrons. The van der Waals surface area contributed by atoms with Crippen LogP contribution in [0.1, 0.15) is 22.6 Å². The summed E-state index contributed by atoms with van der Waals surface area (Å²) in [5, 5.41) is 5.97. The van der Waals surface area contributed by atoms with E-state index in [2.05, 4.69) is 25.6 Å². The molecule has 3 heterocycles. The number of nitrogens with one attached hydrogen (secondary N) is 2. The highest BCUT2D eigenvalue weighted by atomic mass is 32.1. The summed E-state index contributed by atoms with van der Waals surface area (Å²) in [5.41, 5.74) is 2.12. The minimum absolute atomic E-state index is 0.152. The summed E-state index contributed by atoms with van der Waals surface area (Å²) in [4.78, 5) is 37.3. The zero-order valence-electron chi connectivity index (χ0n) is 14.1. The first-order valence-corrected chi connectivity index (χ1v) is 8.82. The van der Waals surface area contributed by atoms with Crippen LogP contribution in [0.15, 0.2) is 48.9 Å². The number of hydrogen-bond acceptors (Lipinski definition) is 6. The van der Waals surface area contributed by atoms with Crippen LogP contribution < -0.4 is 10.6 Å². The SMILES string of the molecule is Cc1nc(NC(=O)CCNC(=O)c2ccccn2)sc1-c1cccnc1. The highest BCUT2D eigenvalue weighted by Gasteiger charge is 2.12. The van der Waals surface area contributed by atoms with E-state index < -0.39 is 0 Å². The lowest BCUT2D eigenvalue weighted by Gasteiger charge is -2.04. The van der Waals surface area contributed by atoms with Crippen LogP contribution in [0.25, 0.3) is 10.4 Å². The van der Waals surface area contributed by atoms with Crippen molar-refractivity contribution in [2.24, 2.45) is 0 Å². The predicted octanol–water partition coefficient (Wildman–Crippen LogP) is 2.67. The number of carbonyl (C=O) groups is 2. The average molecular weight is 367 g/mol. The summed E-state index contributed by atoms with van der Waals surface area (Å²) in [7, 11) is 0. The van der Waals surface area contributed by atoms with Gasteiger partial charge in [0.25, 0.3) is 5.91 Å². The van der Waals surface area contributed by atoms with Gasteiger partial charge in [-0.05, 0) is 25.1 Å². The molecule has 0 fully saturated rings. The Morgan fingerprint density at radius 1 is 1.15 bits per heavy atom. The third-order valence-corrected chi connectivity index (χ3v) is 4.62. The van der Waals surface area contributed by atoms with Crippen LogP contribution in [-0.4, -0.2) is 33.3 Å². The monoisotopic (exact) mass is 367 g/mol. The van der Waals surface area contributed by atoms with Crippen molar-refractivity contribution in [2.75, 3.05) is 11.9 Å². The van der Waals surface area contributed by atoms with Crippen LogP contribution in [0.3, 0.4) is 0 Å². The van der Waals surface area contributed by atoms with Crippen molar-refractivity contribution in [2.45, 2.75) is 13.3 Å². The molecule has 7 nitrogen and oxygen atoms in total. The zero-order chi connectivity index (χ0) is 18.4. The van der Waals surface area contributed by atoms with Crippen molar-refractivity contribution in [3.05, 3.63) is 60.3 Å². The van der Waals surface area contributed by atoms with Gasteiger partial charge in [0.05, 0.1) is 10.6 Å². The van der Waals surface area contributed by atoms with Crippen molar-refractivity contribution in [3.8, 4) is 10.4 Å². The van der Waals surface area contributed by atoms with Gasteiger partial charge in [-0.3, -0.25) is 19.6 Å². The molecule has 26 heavy (non-hydrogen) atoms. The maximum Gasteiger partial charge on any atom is 0.269 e. The smallest absolute Gasteiger partial charge is 0.269 e. The molecule has 0 aliphatic heterocycles. The molecule has 0 saturated heterocycles. The molecule has 3 rings (SSSR count). The molecule has 3 aromatic heterocycles. The molecule has 0 aliphatic rings. The normalized spacial score (nSPS) is 10.3. The molecule has 0 aliphatic carbocycles. The van der Waals surface area contributed by atoms with Crippen molar-refractivity contribution in [1.29, 1.82) is 0 Å². The molecule has 0 atom stereocenters. The van der Waals surface area contributed by atoms with Gasteiger partial charge in [0.1, 0.15) is 5.69 Å². The maximum atomic E-state index is 12.1. The molecule has 0 unspecified atom stereocenters. The van der Waals surface area contributed by atoms with E-state index >= 15 is 0 Å². The van der Waals surface area contributed by atoms with Gasteiger partial charge >= 0.3 is 0 Å². The average Bonchev–Trinajstić information content (AvgIpc) is 3.03. The summed E-state index contributed by atoms with van der Waals surface area (Å²) < 4.78 is 0. The molecule has 3 aromatic rings. The number of amides is 2. The van der Waals surface area contributed by atoms with Gasteiger partial charge in [-0.1, -0.05) is 23.5 Å². The molecule has 8 heteroatoms. The fourth-order valence-corrected chi connectivity index (χ4v) is 3.25. The lowest BCUT2D eigenvalue weighted by atomic mass is 10.2. The Morgan fingerprint density at radius 3 is 2.77 bits per heavy atom. The van der Waals surface area contributed by atoms with Crippen LogP contribution in [0.2, 0.25) is 0 Å². The van der Waals surface area contributed by atoms with Crippen LogP contribution in [0.4, 0.5) is 5.13 Å². The van der Waals surface area contributed by atoms with Gasteiger partial charge in [-0.15, -0.1) is 0 Å². The Hall–Kier alpha value is -3.13. The first kappa shape index (κ1) is 17.7. The number of aryl methyl sites for hydroxylation is 1. The molecule has 0 saturated carbocycles. The van der Waals surface area contributed by atoms with E-state index in [4.69, 9.17) is 0 Å². The second kappa shape index (κ2) is 8.30. The van der Waals surface area contributed by atoms with Gasteiger partial charge in [0.15, 0.2) is 5.13 Å². The van der Waals surface area contributed by atoms with Crippen molar-refractivity contribution < 1.29 is 9.59 Å². The van der Waals surface area contributed by atoms with E-state index in [9.17, 15) is 9.59 Å². The number of rotatable bonds is 6. The molecule has 2 N–H and O–H groups in total. The van der Waals surface area contributed by atoms with E-state index in [1.165, 1.54) is 11.3 Å². The van der Waals surface area contributed by atoms with Gasteiger partial charge in [0, 0.05) is 37.1 Å². The first-order chi connectivity index (χ1) is 12.6. The van der Waals surface area contributed by atoms with Crippen molar-refractivity contribution >= 4 is 28.3 Å². The second-order valence-electron chi connectivity index (χ2n) is 5.44. The predicted molar refractivity (Wildman–Crippen MR) is 99.9 cm³/mol. The molecular formula is C18H17N5O2S. The van der Waals surface area contributed by atoms with Crippen molar-refractivity contribution in [3.63, 3.8) is 0 Å². The van der Waals surface area contributed by atoms with E-state index in [0.717, 1.165) is 16.1 Å². The summed E-state index contributed by atoms with van der Waals surface area (Å²) in [6, 6.07) is 8.90. The lowest BCUT2D eigenvalue weighted by molar-refractivity contribution is -0.116. The number of aromatic nitrogens is 3. The Kier molecular flexibility index (Phi) is 5.65. The van der Waals surface area contributed by atoms with Crippen LogP contribution in [-0.2, 0) is 4.79 Å². The van der Waals surface area contributed by atoms with Gasteiger partial charge in [-0.2, -0.15) is 0 Å². The van der Waals surface area contributed by atoms with E-state index in [1.807, 2.05) is 19.1 Å². The number of carbonyl (C=O) groups excluding carboxylic acids is 2. The van der Waals surface area contributed by atoms with Crippen LogP contribution in [0.5, 0.6) is 0 Å². The summed E-state index contributed by atoms with van der Waals surface area (Å²) in [6.07, 6.45) is 5.17. The minimum atomic E-state index is -0.303. The minimum Gasteiger partial charge on any atom is -0.350 e. The third-order valence-electron chi connectivity index (χ3n) is 3.50. The Bertz CT molecular complexity index is 896. The largest absolute Gasteiger partial charge is 0.350 e. The topological polar surface area (TPSA) is 96.9 Å². The van der Waals surface area contributed by atoms with Gasteiger partial charge in [0.2, 0.25) is 5.91 Å². The molecular weight excluding hydrogens is 350 g/mol. The molecule has 2 amide bonds. The van der Waals surface area contributed by atoms with Gasteiger partial charge < -0.3 is 10.6 Å². The zero-order valence-corrected chi connectivity index (χ0v) is 14.9. The van der Waals surface area contributed by atoms with E-state index in [-0.39, 0.29) is 24.8 Å². The quantitative estimate of drug-likeness (QED) is 0.698. The highest BCUT2D eigenvalue weighted by Crippen LogP contribution is 2.32. The Balaban J connectivity index is 1.52.